The minimum Gasteiger partial charge on any atom is -0.384 e. The number of hydrogen-bond donors (Lipinski definition) is 3. The number of amides is 1. The number of nitrogens with two attached hydrogens (primary N) is 2. The molecule has 2 aromatic heterocycles. The third-order valence-electron chi connectivity index (χ3n) is 5.46. The van der Waals surface area contributed by atoms with Crippen LogP contribution in [0, 0.1) is 6.92 Å². The molecule has 8 heteroatoms. The predicted molar refractivity (Wildman–Crippen MR) is 122 cm³/mol. The molecule has 1 saturated heterocycles. The Kier molecular flexibility index (Phi) is 5.97. The van der Waals surface area contributed by atoms with Gasteiger partial charge < -0.3 is 21.7 Å². The molecule has 0 saturated carbocycles. The van der Waals surface area contributed by atoms with Crippen LogP contribution < -0.4 is 21.7 Å². The molecule has 1 amide bonds. The van der Waals surface area contributed by atoms with E-state index in [2.05, 4.69) is 25.2 Å². The Balaban J connectivity index is 1.54. The molecule has 1 atom stereocenters. The monoisotopic (exact) mass is 417 g/mol. The van der Waals surface area contributed by atoms with Gasteiger partial charge in [0.05, 0.1) is 12.1 Å². The fourth-order valence-electron chi connectivity index (χ4n) is 4.05. The molecule has 8 nitrogen and oxygen atoms in total. The third-order valence-corrected chi connectivity index (χ3v) is 5.46. The van der Waals surface area contributed by atoms with Crippen LogP contribution in [0.3, 0.4) is 0 Å². The van der Waals surface area contributed by atoms with Gasteiger partial charge in [-0.1, -0.05) is 30.3 Å². The second-order valence-corrected chi connectivity index (χ2v) is 7.85. The number of carbonyl (C=O) groups excluding carboxylic acids is 1. The second-order valence-electron chi connectivity index (χ2n) is 7.85. The molecule has 31 heavy (non-hydrogen) atoms. The van der Waals surface area contributed by atoms with Gasteiger partial charge in [0.25, 0.3) is 0 Å². The fraction of sp³-hybridized carbons (Fsp3) is 0.304. The van der Waals surface area contributed by atoms with Crippen LogP contribution in [0.1, 0.15) is 24.1 Å². The number of aromatic nitrogens is 3. The molecule has 3 aromatic rings. The van der Waals surface area contributed by atoms with Gasteiger partial charge in [0.1, 0.15) is 11.6 Å². The number of rotatable bonds is 5. The average molecular weight is 418 g/mol. The quantitative estimate of drug-likeness (QED) is 0.582. The van der Waals surface area contributed by atoms with E-state index < -0.39 is 0 Å². The zero-order valence-corrected chi connectivity index (χ0v) is 17.6. The highest BCUT2D eigenvalue weighted by Crippen LogP contribution is 2.33. The van der Waals surface area contributed by atoms with Gasteiger partial charge in [0.2, 0.25) is 11.9 Å². The number of carbonyl (C=O) groups is 1. The zero-order chi connectivity index (χ0) is 21.8. The van der Waals surface area contributed by atoms with Gasteiger partial charge in [0, 0.05) is 36.5 Å². The van der Waals surface area contributed by atoms with Crippen molar-refractivity contribution in [1.82, 2.24) is 20.3 Å². The topological polar surface area (TPSA) is 123 Å². The Morgan fingerprint density at radius 1 is 1.16 bits per heavy atom. The Hall–Kier alpha value is -3.68. The lowest BCUT2D eigenvalue weighted by Crippen LogP contribution is -2.48. The van der Waals surface area contributed by atoms with Crippen LogP contribution in [0.4, 0.5) is 17.6 Å². The molecule has 5 N–H and O–H groups in total. The normalized spacial score (nSPS) is 16.2. The van der Waals surface area contributed by atoms with Gasteiger partial charge in [-0.05, 0) is 37.5 Å². The highest BCUT2D eigenvalue weighted by Gasteiger charge is 2.26. The molecule has 1 fully saturated rings. The van der Waals surface area contributed by atoms with Crippen LogP contribution in [0.15, 0.2) is 48.7 Å². The van der Waals surface area contributed by atoms with Crippen molar-refractivity contribution in [2.24, 2.45) is 0 Å². The van der Waals surface area contributed by atoms with Crippen LogP contribution in [0.2, 0.25) is 0 Å². The van der Waals surface area contributed by atoms with Gasteiger partial charge in [-0.2, -0.15) is 4.98 Å². The maximum Gasteiger partial charge on any atom is 0.224 e. The van der Waals surface area contributed by atoms with Gasteiger partial charge in [-0.25, -0.2) is 9.97 Å². The maximum absolute atomic E-state index is 12.6. The van der Waals surface area contributed by atoms with E-state index in [0.717, 1.165) is 47.6 Å². The molecular formula is C23H27N7O. The smallest absolute Gasteiger partial charge is 0.224 e. The summed E-state index contributed by atoms with van der Waals surface area (Å²) in [6, 6.07) is 13.5. The summed E-state index contributed by atoms with van der Waals surface area (Å²) in [5.41, 5.74) is 15.3. The summed E-state index contributed by atoms with van der Waals surface area (Å²) in [6.07, 6.45) is 3.97. The lowest BCUT2D eigenvalue weighted by Gasteiger charge is -2.35. The van der Waals surface area contributed by atoms with Crippen LogP contribution in [0.5, 0.6) is 0 Å². The predicted octanol–water partition coefficient (Wildman–Crippen LogP) is 2.34. The van der Waals surface area contributed by atoms with Crippen molar-refractivity contribution in [3.63, 3.8) is 0 Å². The van der Waals surface area contributed by atoms with Crippen LogP contribution in [-0.2, 0) is 11.2 Å². The Morgan fingerprint density at radius 3 is 2.71 bits per heavy atom. The third kappa shape index (κ3) is 4.91. The maximum atomic E-state index is 12.6. The molecule has 0 aliphatic carbocycles. The van der Waals surface area contributed by atoms with Crippen molar-refractivity contribution in [2.45, 2.75) is 32.2 Å². The molecule has 3 heterocycles. The van der Waals surface area contributed by atoms with Crippen molar-refractivity contribution in [1.29, 1.82) is 0 Å². The molecule has 1 unspecified atom stereocenters. The molecule has 1 aliphatic rings. The first-order valence-corrected chi connectivity index (χ1v) is 10.4. The Labute approximate surface area is 181 Å². The zero-order valence-electron chi connectivity index (χ0n) is 17.6. The lowest BCUT2D eigenvalue weighted by molar-refractivity contribution is -0.121. The number of hydrogen-bond acceptors (Lipinski definition) is 7. The van der Waals surface area contributed by atoms with Gasteiger partial charge in [-0.3, -0.25) is 4.79 Å². The van der Waals surface area contributed by atoms with Crippen LogP contribution in [-0.4, -0.2) is 40.0 Å². The number of pyridine rings is 1. The summed E-state index contributed by atoms with van der Waals surface area (Å²) in [5.74, 6) is 1.48. The van der Waals surface area contributed by atoms with Crippen molar-refractivity contribution in [3.05, 3.63) is 59.9 Å². The van der Waals surface area contributed by atoms with Crippen LogP contribution in [0.25, 0.3) is 11.1 Å². The number of nitrogens with one attached hydrogen (secondary N) is 1. The minimum absolute atomic E-state index is 0.0272. The number of nitrogens with zero attached hydrogens (tertiary/aromatic N) is 4. The standard InChI is InChI=1S/C23H27N7O/c1-15-21(17-9-10-19(24)26-13-17)22(29-23(25)27-15)30-11-5-8-18(14-30)28-20(31)12-16-6-3-2-4-7-16/h2-4,6-7,9-10,13,18H,5,8,11-12,14H2,1H3,(H2,24,26)(H,28,31)(H2,25,27,29). The highest BCUT2D eigenvalue weighted by atomic mass is 16.1. The average Bonchev–Trinajstić information content (AvgIpc) is 2.75. The molecule has 0 spiro atoms. The summed E-state index contributed by atoms with van der Waals surface area (Å²) in [7, 11) is 0. The molecule has 0 bridgehead atoms. The number of nitrogen functional groups attached to an aromatic ring is 2. The first-order chi connectivity index (χ1) is 15.0. The molecule has 1 aliphatic heterocycles. The van der Waals surface area contributed by atoms with Crippen molar-refractivity contribution >= 4 is 23.5 Å². The largest absolute Gasteiger partial charge is 0.384 e. The van der Waals surface area contributed by atoms with E-state index in [1.807, 2.05) is 43.3 Å². The molecule has 4 rings (SSSR count). The number of anilines is 3. The molecular weight excluding hydrogens is 390 g/mol. The van der Waals surface area contributed by atoms with Crippen molar-refractivity contribution in [3.8, 4) is 11.1 Å². The number of benzene rings is 1. The van der Waals surface area contributed by atoms with E-state index in [0.29, 0.717) is 18.8 Å². The summed E-state index contributed by atoms with van der Waals surface area (Å²) < 4.78 is 0. The van der Waals surface area contributed by atoms with E-state index in [1.165, 1.54) is 0 Å². The SMILES string of the molecule is Cc1nc(N)nc(N2CCCC(NC(=O)Cc3ccccc3)C2)c1-c1ccc(N)nc1. The molecule has 160 valence electrons. The van der Waals surface area contributed by atoms with Crippen molar-refractivity contribution < 1.29 is 4.79 Å². The molecule has 1 aromatic carbocycles. The first kappa shape index (κ1) is 20.6. The molecule has 0 radical (unpaired) electrons. The van der Waals surface area contributed by atoms with E-state index >= 15 is 0 Å². The van der Waals surface area contributed by atoms with Crippen molar-refractivity contribution in [2.75, 3.05) is 29.5 Å². The summed E-state index contributed by atoms with van der Waals surface area (Å²) in [6.45, 7) is 3.40. The second kappa shape index (κ2) is 8.99. The fourth-order valence-corrected chi connectivity index (χ4v) is 4.05. The minimum atomic E-state index is 0.0272. The Morgan fingerprint density at radius 2 is 1.97 bits per heavy atom. The van der Waals surface area contributed by atoms with Gasteiger partial charge in [0.15, 0.2) is 0 Å². The van der Waals surface area contributed by atoms with Crippen LogP contribution >= 0.6 is 0 Å². The Bertz CT molecular complexity index is 1050. The lowest BCUT2D eigenvalue weighted by atomic mass is 10.0. The number of piperidine rings is 1. The summed E-state index contributed by atoms with van der Waals surface area (Å²) >= 11 is 0. The van der Waals surface area contributed by atoms with E-state index in [-0.39, 0.29) is 17.9 Å². The summed E-state index contributed by atoms with van der Waals surface area (Å²) in [4.78, 5) is 27.9. The van der Waals surface area contributed by atoms with E-state index in [1.54, 1.807) is 12.3 Å². The number of aryl methyl sites for hydroxylation is 1. The first-order valence-electron chi connectivity index (χ1n) is 10.4. The van der Waals surface area contributed by atoms with E-state index in [4.69, 9.17) is 11.5 Å². The van der Waals surface area contributed by atoms with Gasteiger partial charge >= 0.3 is 0 Å². The highest BCUT2D eigenvalue weighted by molar-refractivity contribution is 5.80. The van der Waals surface area contributed by atoms with Gasteiger partial charge in [-0.15, -0.1) is 0 Å². The van der Waals surface area contributed by atoms with E-state index in [9.17, 15) is 4.79 Å². The summed E-state index contributed by atoms with van der Waals surface area (Å²) in [5, 5.41) is 3.18.